The van der Waals surface area contributed by atoms with Crippen molar-refractivity contribution >= 4 is 7.12 Å². The normalized spacial score (nSPS) is 31.9. The van der Waals surface area contributed by atoms with E-state index in [0.29, 0.717) is 0 Å². The predicted octanol–water partition coefficient (Wildman–Crippen LogP) is 2.88. The van der Waals surface area contributed by atoms with Crippen molar-refractivity contribution in [1.29, 1.82) is 0 Å². The van der Waals surface area contributed by atoms with E-state index in [9.17, 15) is 0 Å². The predicted molar refractivity (Wildman–Crippen MR) is 58.3 cm³/mol. The van der Waals surface area contributed by atoms with Crippen LogP contribution < -0.4 is 0 Å². The summed E-state index contributed by atoms with van der Waals surface area (Å²) in [4.78, 5) is 0. The summed E-state index contributed by atoms with van der Waals surface area (Å²) in [6.45, 7) is 4.07. The highest BCUT2D eigenvalue weighted by Gasteiger charge is 2.48. The van der Waals surface area contributed by atoms with Gasteiger partial charge in [-0.05, 0) is 24.6 Å². The van der Waals surface area contributed by atoms with Gasteiger partial charge in [-0.1, -0.05) is 32.6 Å². The van der Waals surface area contributed by atoms with Gasteiger partial charge in [0.05, 0.1) is 0 Å². The van der Waals surface area contributed by atoms with E-state index in [1.165, 1.54) is 32.1 Å². The lowest BCUT2D eigenvalue weighted by molar-refractivity contribution is 0.132. The summed E-state index contributed by atoms with van der Waals surface area (Å²) < 4.78 is 11.2. The van der Waals surface area contributed by atoms with Gasteiger partial charge < -0.3 is 9.31 Å². The molecule has 1 aliphatic carbocycles. The third-order valence-corrected chi connectivity index (χ3v) is 3.36. The maximum atomic E-state index is 5.62. The van der Waals surface area contributed by atoms with Crippen molar-refractivity contribution in [3.8, 4) is 0 Å². The third kappa shape index (κ3) is 2.74. The van der Waals surface area contributed by atoms with E-state index in [-0.39, 0.29) is 7.12 Å². The lowest BCUT2D eigenvalue weighted by atomic mass is 9.79. The van der Waals surface area contributed by atoms with Gasteiger partial charge in [0, 0.05) is 13.2 Å². The second-order valence-electron chi connectivity index (χ2n) is 4.62. The van der Waals surface area contributed by atoms with Crippen molar-refractivity contribution in [2.45, 2.75) is 51.3 Å². The van der Waals surface area contributed by atoms with Crippen LogP contribution in [0.5, 0.6) is 0 Å². The van der Waals surface area contributed by atoms with E-state index < -0.39 is 0 Å². The van der Waals surface area contributed by atoms with Crippen LogP contribution in [0.4, 0.5) is 0 Å². The summed E-state index contributed by atoms with van der Waals surface area (Å²) in [5.74, 6) is 1.64. The van der Waals surface area contributed by atoms with Crippen molar-refractivity contribution in [3.63, 3.8) is 0 Å². The van der Waals surface area contributed by atoms with Crippen LogP contribution in [0.25, 0.3) is 0 Å². The summed E-state index contributed by atoms with van der Waals surface area (Å²) in [6.07, 6.45) is 7.91. The highest BCUT2D eigenvalue weighted by Crippen LogP contribution is 2.51. The Balaban J connectivity index is 1.60. The van der Waals surface area contributed by atoms with Crippen molar-refractivity contribution < 1.29 is 9.31 Å². The van der Waals surface area contributed by atoms with E-state index >= 15 is 0 Å². The molecule has 2 nitrogen and oxygen atoms in total. The summed E-state index contributed by atoms with van der Waals surface area (Å²) in [5, 5.41) is 0. The van der Waals surface area contributed by atoms with E-state index in [2.05, 4.69) is 6.92 Å². The molecule has 2 atom stereocenters. The average Bonchev–Trinajstić information content (AvgIpc) is 2.99. The summed E-state index contributed by atoms with van der Waals surface area (Å²) >= 11 is 0. The Kier molecular flexibility index (Phi) is 3.88. The highest BCUT2D eigenvalue weighted by atomic mass is 16.6. The lowest BCUT2D eigenvalue weighted by Crippen LogP contribution is -2.30. The fourth-order valence-corrected chi connectivity index (χ4v) is 2.35. The Morgan fingerprint density at radius 1 is 1.21 bits per heavy atom. The molecule has 0 bridgehead atoms. The van der Waals surface area contributed by atoms with E-state index in [0.717, 1.165) is 31.4 Å². The van der Waals surface area contributed by atoms with Gasteiger partial charge in [0.25, 0.3) is 0 Å². The molecule has 2 aliphatic rings. The first kappa shape index (κ1) is 10.5. The molecule has 14 heavy (non-hydrogen) atoms. The molecular weight excluding hydrogens is 175 g/mol. The second kappa shape index (κ2) is 5.17. The summed E-state index contributed by atoms with van der Waals surface area (Å²) in [7, 11) is 0.148. The number of unbranched alkanes of at least 4 members (excludes halogenated alkanes) is 2. The number of hydrogen-bond acceptors (Lipinski definition) is 2. The zero-order chi connectivity index (χ0) is 9.80. The maximum Gasteiger partial charge on any atom is 0.460 e. The Morgan fingerprint density at radius 3 is 2.71 bits per heavy atom. The van der Waals surface area contributed by atoms with E-state index in [1.54, 1.807) is 0 Å². The first-order valence-corrected chi connectivity index (χ1v) is 6.15. The molecule has 0 aromatic carbocycles. The molecule has 80 valence electrons. The summed E-state index contributed by atoms with van der Waals surface area (Å²) in [5.41, 5.74) is 0. The second-order valence-corrected chi connectivity index (χ2v) is 4.62. The van der Waals surface area contributed by atoms with Gasteiger partial charge in [-0.25, -0.2) is 0 Å². The molecule has 1 saturated heterocycles. The monoisotopic (exact) mass is 196 g/mol. The first-order valence-electron chi connectivity index (χ1n) is 6.15. The van der Waals surface area contributed by atoms with Gasteiger partial charge in [-0.15, -0.1) is 0 Å². The fraction of sp³-hybridized carbons (Fsp3) is 1.00. The third-order valence-electron chi connectivity index (χ3n) is 3.36. The minimum absolute atomic E-state index is 0.148. The molecule has 2 fully saturated rings. The number of hydrogen-bond donors (Lipinski definition) is 0. The van der Waals surface area contributed by atoms with Gasteiger partial charge in [-0.2, -0.15) is 0 Å². The molecule has 1 aliphatic heterocycles. The minimum atomic E-state index is 0.148. The van der Waals surface area contributed by atoms with Crippen LogP contribution >= 0.6 is 0 Å². The molecule has 1 heterocycles. The van der Waals surface area contributed by atoms with Crippen molar-refractivity contribution in [3.05, 3.63) is 0 Å². The molecule has 0 aromatic heterocycles. The molecule has 0 amide bonds. The zero-order valence-corrected chi connectivity index (χ0v) is 9.21. The highest BCUT2D eigenvalue weighted by molar-refractivity contribution is 6.47. The Bertz CT molecular complexity index is 169. The number of rotatable bonds is 5. The van der Waals surface area contributed by atoms with Crippen LogP contribution in [0.1, 0.15) is 45.4 Å². The Hall–Kier alpha value is -0.0151. The SMILES string of the molecule is CCCCC[C@@H]1C[C@H]1B1OCCCO1. The van der Waals surface area contributed by atoms with Crippen LogP contribution in [0, 0.1) is 5.92 Å². The maximum absolute atomic E-state index is 5.62. The largest absolute Gasteiger partial charge is 0.460 e. The standard InChI is InChI=1S/C11H21BO2/c1-2-3-4-6-10-9-11(10)12-13-7-5-8-14-12/h10-11H,2-9H2,1H3/t10-,11-/m1/s1. The molecule has 0 spiro atoms. The minimum Gasteiger partial charge on any atom is -0.411 e. The molecular formula is C11H21BO2. The molecule has 0 aromatic rings. The first-order chi connectivity index (χ1) is 6.92. The van der Waals surface area contributed by atoms with Crippen molar-refractivity contribution in [2.75, 3.05) is 13.2 Å². The lowest BCUT2D eigenvalue weighted by Gasteiger charge is -2.19. The zero-order valence-electron chi connectivity index (χ0n) is 9.21. The van der Waals surface area contributed by atoms with Crippen LogP contribution in [0.15, 0.2) is 0 Å². The molecule has 0 unspecified atom stereocenters. The van der Waals surface area contributed by atoms with E-state index in [4.69, 9.17) is 9.31 Å². The molecule has 0 N–H and O–H groups in total. The van der Waals surface area contributed by atoms with Gasteiger partial charge >= 0.3 is 7.12 Å². The van der Waals surface area contributed by atoms with Crippen molar-refractivity contribution in [1.82, 2.24) is 0 Å². The van der Waals surface area contributed by atoms with Gasteiger partial charge in [0.15, 0.2) is 0 Å². The smallest absolute Gasteiger partial charge is 0.411 e. The van der Waals surface area contributed by atoms with Crippen LogP contribution in [-0.4, -0.2) is 20.3 Å². The fourth-order valence-electron chi connectivity index (χ4n) is 2.35. The molecule has 2 rings (SSSR count). The Labute approximate surface area is 87.5 Å². The Morgan fingerprint density at radius 2 is 2.00 bits per heavy atom. The topological polar surface area (TPSA) is 18.5 Å². The van der Waals surface area contributed by atoms with Gasteiger partial charge in [0.1, 0.15) is 0 Å². The molecule has 0 radical (unpaired) electrons. The molecule has 3 heteroatoms. The average molecular weight is 196 g/mol. The van der Waals surface area contributed by atoms with Crippen LogP contribution in [-0.2, 0) is 9.31 Å². The van der Waals surface area contributed by atoms with E-state index in [1.807, 2.05) is 0 Å². The quantitative estimate of drug-likeness (QED) is 0.497. The van der Waals surface area contributed by atoms with Crippen LogP contribution in [0.2, 0.25) is 5.82 Å². The van der Waals surface area contributed by atoms with Crippen molar-refractivity contribution in [2.24, 2.45) is 5.92 Å². The molecule has 1 saturated carbocycles. The van der Waals surface area contributed by atoms with Gasteiger partial charge in [0.2, 0.25) is 0 Å². The summed E-state index contributed by atoms with van der Waals surface area (Å²) in [6, 6.07) is 0. The van der Waals surface area contributed by atoms with Gasteiger partial charge in [-0.3, -0.25) is 0 Å². The van der Waals surface area contributed by atoms with Crippen LogP contribution in [0.3, 0.4) is 0 Å².